The summed E-state index contributed by atoms with van der Waals surface area (Å²) in [5, 5.41) is 38.9. The van der Waals surface area contributed by atoms with Gasteiger partial charge < -0.3 is 24.8 Å². The van der Waals surface area contributed by atoms with Gasteiger partial charge >= 0.3 is 0 Å². The van der Waals surface area contributed by atoms with E-state index in [1.54, 1.807) is 4.90 Å². The number of hydrogen-bond acceptors (Lipinski definition) is 6. The highest BCUT2D eigenvalue weighted by atomic mass is 16.4. The molecule has 6 heteroatoms. The van der Waals surface area contributed by atoms with E-state index in [-0.39, 0.29) is 13.2 Å². The number of aliphatic hydroxyl groups is 4. The van der Waals surface area contributed by atoms with E-state index < -0.39 is 24.4 Å². The van der Waals surface area contributed by atoms with Gasteiger partial charge in [0.1, 0.15) is 23.7 Å². The molecule has 4 N–H and O–H groups in total. The van der Waals surface area contributed by atoms with Crippen molar-refractivity contribution in [1.82, 2.24) is 4.90 Å². The average molecular weight is 295 g/mol. The molecular formula is C15H21NO5. The maximum atomic E-state index is 9.96. The van der Waals surface area contributed by atoms with Gasteiger partial charge in [-0.25, -0.2) is 0 Å². The normalized spacial score (nSPS) is 33.1. The first-order chi connectivity index (χ1) is 10.1. The lowest BCUT2D eigenvalue weighted by Gasteiger charge is -2.42. The van der Waals surface area contributed by atoms with Crippen LogP contribution in [0.2, 0.25) is 0 Å². The standard InChI is InChI=1S/C15H21NO5/c17-8-11-14(19)15(20)12(18)7-16(11)6-10-5-9-3-1-2-4-13(9)21-10/h2,4-5,11-12,14-15,17-20H,1,3,6-8H2/t11-,12+,14-,15-/m1/s1. The van der Waals surface area contributed by atoms with Crippen LogP contribution in [0.15, 0.2) is 16.6 Å². The second kappa shape index (κ2) is 5.90. The van der Waals surface area contributed by atoms with E-state index in [1.807, 2.05) is 12.1 Å². The largest absolute Gasteiger partial charge is 0.460 e. The molecule has 0 aromatic carbocycles. The van der Waals surface area contributed by atoms with Gasteiger partial charge in [0.15, 0.2) is 0 Å². The fourth-order valence-corrected chi connectivity index (χ4v) is 3.11. The minimum absolute atomic E-state index is 0.185. The van der Waals surface area contributed by atoms with Crippen LogP contribution in [-0.4, -0.2) is 62.8 Å². The molecule has 0 radical (unpaired) electrons. The Labute approximate surface area is 122 Å². The molecule has 116 valence electrons. The van der Waals surface area contributed by atoms with Crippen LogP contribution < -0.4 is 0 Å². The zero-order valence-corrected chi connectivity index (χ0v) is 11.7. The number of nitrogens with zero attached hydrogens (tertiary/aromatic N) is 1. The summed E-state index contributed by atoms with van der Waals surface area (Å²) in [6, 6.07) is 1.37. The second-order valence-corrected chi connectivity index (χ2v) is 5.77. The monoisotopic (exact) mass is 295 g/mol. The number of piperidine rings is 1. The van der Waals surface area contributed by atoms with E-state index in [0.717, 1.165) is 29.9 Å². The highest BCUT2D eigenvalue weighted by molar-refractivity contribution is 5.51. The third-order valence-electron chi connectivity index (χ3n) is 4.32. The van der Waals surface area contributed by atoms with Gasteiger partial charge in [0.05, 0.1) is 25.3 Å². The molecule has 4 atom stereocenters. The summed E-state index contributed by atoms with van der Waals surface area (Å²) < 4.78 is 5.76. The number of aryl methyl sites for hydroxylation is 1. The Morgan fingerprint density at radius 3 is 2.76 bits per heavy atom. The summed E-state index contributed by atoms with van der Waals surface area (Å²) in [5.41, 5.74) is 1.16. The lowest BCUT2D eigenvalue weighted by Crippen LogP contribution is -2.62. The van der Waals surface area contributed by atoms with Crippen molar-refractivity contribution in [2.24, 2.45) is 0 Å². The molecule has 1 aliphatic heterocycles. The molecule has 6 nitrogen and oxygen atoms in total. The van der Waals surface area contributed by atoms with Gasteiger partial charge in [0.2, 0.25) is 0 Å². The summed E-state index contributed by atoms with van der Waals surface area (Å²) in [4.78, 5) is 1.75. The molecule has 1 aliphatic carbocycles. The van der Waals surface area contributed by atoms with E-state index in [9.17, 15) is 20.4 Å². The quantitative estimate of drug-likeness (QED) is 0.600. The molecule has 1 fully saturated rings. The minimum atomic E-state index is -1.23. The van der Waals surface area contributed by atoms with Crippen molar-refractivity contribution >= 4 is 6.08 Å². The van der Waals surface area contributed by atoms with Crippen molar-refractivity contribution in [3.05, 3.63) is 29.2 Å². The molecule has 2 aliphatic rings. The number of rotatable bonds is 3. The second-order valence-electron chi connectivity index (χ2n) is 5.77. The number of furan rings is 1. The highest BCUT2D eigenvalue weighted by Crippen LogP contribution is 2.26. The molecule has 0 unspecified atom stereocenters. The Morgan fingerprint density at radius 2 is 2.05 bits per heavy atom. The Bertz CT molecular complexity index is 526. The van der Waals surface area contributed by atoms with Gasteiger partial charge in [-0.15, -0.1) is 0 Å². The van der Waals surface area contributed by atoms with Crippen molar-refractivity contribution in [2.75, 3.05) is 13.2 Å². The number of hydrogen-bond donors (Lipinski definition) is 4. The first kappa shape index (κ1) is 14.7. The van der Waals surface area contributed by atoms with E-state index in [2.05, 4.69) is 6.08 Å². The van der Waals surface area contributed by atoms with Crippen LogP contribution in [0.3, 0.4) is 0 Å². The maximum Gasteiger partial charge on any atom is 0.130 e. The summed E-state index contributed by atoms with van der Waals surface area (Å²) in [6.45, 7) is 0.281. The van der Waals surface area contributed by atoms with Gasteiger partial charge in [-0.3, -0.25) is 4.90 Å². The number of likely N-dealkylation sites (tertiary alicyclic amines) is 1. The molecule has 1 aromatic heterocycles. The SMILES string of the molecule is OC[C@@H]1[C@@H](O)[C@H](O)[C@@H](O)CN1Cc1cc2c(o1)C=CCC2. The van der Waals surface area contributed by atoms with Crippen molar-refractivity contribution < 1.29 is 24.8 Å². The van der Waals surface area contributed by atoms with Crippen LogP contribution in [0.4, 0.5) is 0 Å². The molecule has 2 heterocycles. The smallest absolute Gasteiger partial charge is 0.130 e. The van der Waals surface area contributed by atoms with Crippen molar-refractivity contribution in [1.29, 1.82) is 0 Å². The highest BCUT2D eigenvalue weighted by Gasteiger charge is 2.41. The van der Waals surface area contributed by atoms with Gasteiger partial charge in [-0.2, -0.15) is 0 Å². The zero-order valence-electron chi connectivity index (χ0n) is 11.7. The predicted molar refractivity (Wildman–Crippen MR) is 75.4 cm³/mol. The summed E-state index contributed by atoms with van der Waals surface area (Å²) in [7, 11) is 0. The maximum absolute atomic E-state index is 9.96. The molecular weight excluding hydrogens is 274 g/mol. The van der Waals surface area contributed by atoms with Crippen LogP contribution in [0.1, 0.15) is 23.5 Å². The third-order valence-corrected chi connectivity index (χ3v) is 4.32. The first-order valence-corrected chi connectivity index (χ1v) is 7.27. The Morgan fingerprint density at radius 1 is 1.24 bits per heavy atom. The third kappa shape index (κ3) is 2.77. The molecule has 3 rings (SSSR count). The Balaban J connectivity index is 1.76. The zero-order chi connectivity index (χ0) is 15.0. The van der Waals surface area contributed by atoms with Crippen molar-refractivity contribution in [2.45, 2.75) is 43.7 Å². The molecule has 21 heavy (non-hydrogen) atoms. The van der Waals surface area contributed by atoms with Crippen molar-refractivity contribution in [3.8, 4) is 0 Å². The van der Waals surface area contributed by atoms with Crippen LogP contribution in [0, 0.1) is 0 Å². The van der Waals surface area contributed by atoms with Crippen LogP contribution in [-0.2, 0) is 13.0 Å². The fourth-order valence-electron chi connectivity index (χ4n) is 3.11. The van der Waals surface area contributed by atoms with Crippen molar-refractivity contribution in [3.63, 3.8) is 0 Å². The first-order valence-electron chi connectivity index (χ1n) is 7.27. The summed E-state index contributed by atoms with van der Waals surface area (Å²) in [6.07, 6.45) is 2.52. The lowest BCUT2D eigenvalue weighted by molar-refractivity contribution is -0.148. The van der Waals surface area contributed by atoms with E-state index in [4.69, 9.17) is 4.42 Å². The lowest BCUT2D eigenvalue weighted by atomic mass is 9.94. The van der Waals surface area contributed by atoms with Crippen LogP contribution in [0.5, 0.6) is 0 Å². The molecule has 1 aromatic rings. The minimum Gasteiger partial charge on any atom is -0.460 e. The molecule has 0 spiro atoms. The topological polar surface area (TPSA) is 97.3 Å². The summed E-state index contributed by atoms with van der Waals surface area (Å²) >= 11 is 0. The van der Waals surface area contributed by atoms with E-state index >= 15 is 0 Å². The molecule has 0 bridgehead atoms. The van der Waals surface area contributed by atoms with Crippen LogP contribution >= 0.6 is 0 Å². The summed E-state index contributed by atoms with van der Waals surface area (Å²) in [5.74, 6) is 1.59. The number of allylic oxidation sites excluding steroid dienone is 1. The molecule has 0 amide bonds. The van der Waals surface area contributed by atoms with Gasteiger partial charge in [0, 0.05) is 6.54 Å². The predicted octanol–water partition coefficient (Wildman–Crippen LogP) is -0.502. The number of β-amino-alcohol motifs (C(OH)–C–C–N with tert-alkyl or cyclic N) is 1. The Hall–Kier alpha value is -1.18. The van der Waals surface area contributed by atoms with Gasteiger partial charge in [-0.1, -0.05) is 6.08 Å². The number of aliphatic hydroxyl groups excluding tert-OH is 4. The molecule has 0 saturated carbocycles. The van der Waals surface area contributed by atoms with E-state index in [0.29, 0.717) is 6.54 Å². The fraction of sp³-hybridized carbons (Fsp3) is 0.600. The van der Waals surface area contributed by atoms with Gasteiger partial charge in [-0.05, 0) is 30.5 Å². The Kier molecular flexibility index (Phi) is 4.14. The van der Waals surface area contributed by atoms with Gasteiger partial charge in [0.25, 0.3) is 0 Å². The van der Waals surface area contributed by atoms with E-state index in [1.165, 1.54) is 0 Å². The molecule has 1 saturated heterocycles. The van der Waals surface area contributed by atoms with Crippen LogP contribution in [0.25, 0.3) is 6.08 Å². The average Bonchev–Trinajstić information content (AvgIpc) is 2.87. The number of fused-ring (bicyclic) bond motifs is 1.